The first kappa shape index (κ1) is 21.1. The van der Waals surface area contributed by atoms with Crippen LogP contribution >= 0.6 is 15.9 Å². The maximum absolute atomic E-state index is 13.0. The van der Waals surface area contributed by atoms with Gasteiger partial charge in [0.2, 0.25) is 5.95 Å². The Bertz CT molecular complexity index is 1110. The number of aromatic nitrogens is 3. The van der Waals surface area contributed by atoms with Crippen LogP contribution in [0, 0.1) is 0 Å². The van der Waals surface area contributed by atoms with Crippen molar-refractivity contribution in [3.8, 4) is 5.75 Å². The van der Waals surface area contributed by atoms with Gasteiger partial charge in [-0.05, 0) is 42.8 Å². The summed E-state index contributed by atoms with van der Waals surface area (Å²) in [5.74, 6) is 1.77. The van der Waals surface area contributed by atoms with Crippen molar-refractivity contribution in [1.29, 1.82) is 0 Å². The molecule has 4 heterocycles. The van der Waals surface area contributed by atoms with Gasteiger partial charge in [-0.15, -0.1) is 4.72 Å². The third kappa shape index (κ3) is 3.61. The van der Waals surface area contributed by atoms with Crippen LogP contribution in [0.25, 0.3) is 5.65 Å². The first-order chi connectivity index (χ1) is 14.8. The topological polar surface area (TPSA) is 77.8 Å². The zero-order chi connectivity index (χ0) is 21.8. The van der Waals surface area contributed by atoms with Gasteiger partial charge >= 0.3 is 0 Å². The third-order valence-corrected chi connectivity index (χ3v) is 8.23. The smallest absolute Gasteiger partial charge is 0.211 e. The van der Waals surface area contributed by atoms with Crippen LogP contribution in [0.3, 0.4) is 0 Å². The summed E-state index contributed by atoms with van der Waals surface area (Å²) in [6.45, 7) is 7.54. The Morgan fingerprint density at radius 3 is 2.71 bits per heavy atom. The summed E-state index contributed by atoms with van der Waals surface area (Å²) in [4.78, 5) is 11.3. The van der Waals surface area contributed by atoms with Crippen molar-refractivity contribution in [1.82, 2.24) is 19.1 Å². The standard InChI is InChI=1S/C22H26BrN5O2S/c1-21(2,3)31(29)26-18-15-6-4-5-7-17(15)30-22(18)8-11-27(12-9-22)20-25-14-16(23)19-24-10-13-28(19)20/h4-7,10,13-14,18,26H,8-9,11-12H2,1-3H3/t18-,31-/m1/s1. The number of fused-ring (bicyclic) bond motifs is 2. The van der Waals surface area contributed by atoms with Gasteiger partial charge in [-0.1, -0.05) is 18.2 Å². The van der Waals surface area contributed by atoms with Gasteiger partial charge in [0.05, 0.1) is 4.47 Å². The fourth-order valence-corrected chi connectivity index (χ4v) is 5.72. The molecule has 5 rings (SSSR count). The highest BCUT2D eigenvalue weighted by atomic mass is 79.9. The predicted octanol–water partition coefficient (Wildman–Crippen LogP) is 4.02. The van der Waals surface area contributed by atoms with Crippen LogP contribution < -0.4 is 14.4 Å². The summed E-state index contributed by atoms with van der Waals surface area (Å²) in [5, 5.41) is 0. The van der Waals surface area contributed by atoms with Crippen molar-refractivity contribution in [3.05, 3.63) is 52.9 Å². The minimum atomic E-state index is -1.20. The Morgan fingerprint density at radius 2 is 1.97 bits per heavy atom. The van der Waals surface area contributed by atoms with Crippen molar-refractivity contribution < 1.29 is 9.29 Å². The van der Waals surface area contributed by atoms with E-state index in [2.05, 4.69) is 41.6 Å². The lowest BCUT2D eigenvalue weighted by atomic mass is 9.83. The molecule has 1 saturated heterocycles. The Hall–Kier alpha value is -1.81. The number of rotatable bonds is 3. The molecule has 0 aliphatic carbocycles. The molecule has 1 aromatic carbocycles. The van der Waals surface area contributed by atoms with Crippen molar-refractivity contribution >= 4 is 38.9 Å². The number of nitrogens with one attached hydrogen (secondary N) is 1. The summed E-state index contributed by atoms with van der Waals surface area (Å²) < 4.78 is 25.5. The van der Waals surface area contributed by atoms with Crippen LogP contribution in [0.5, 0.6) is 5.75 Å². The van der Waals surface area contributed by atoms with Gasteiger partial charge in [-0.3, -0.25) is 4.40 Å². The molecule has 2 aliphatic rings. The molecule has 1 spiro atoms. The highest BCUT2D eigenvalue weighted by Crippen LogP contribution is 2.49. The number of para-hydroxylation sites is 1. The maximum atomic E-state index is 13.0. The van der Waals surface area contributed by atoms with Gasteiger partial charge in [0.15, 0.2) is 5.65 Å². The number of piperidine rings is 1. The molecule has 7 nitrogen and oxygen atoms in total. The zero-order valence-corrected chi connectivity index (χ0v) is 20.2. The van der Waals surface area contributed by atoms with E-state index in [-0.39, 0.29) is 10.8 Å². The Kier molecular flexibility index (Phi) is 5.20. The number of nitrogens with zero attached hydrogens (tertiary/aromatic N) is 4. The first-order valence-corrected chi connectivity index (χ1v) is 12.4. The van der Waals surface area contributed by atoms with Crippen molar-refractivity contribution in [2.75, 3.05) is 18.0 Å². The number of hydrogen-bond acceptors (Lipinski definition) is 6. The average Bonchev–Trinajstić information content (AvgIpc) is 3.33. The molecule has 9 heteroatoms. The molecule has 0 amide bonds. The van der Waals surface area contributed by atoms with Gasteiger partial charge in [-0.25, -0.2) is 9.97 Å². The Balaban J connectivity index is 1.42. The molecule has 164 valence electrons. The lowest BCUT2D eigenvalue weighted by Gasteiger charge is -2.42. The van der Waals surface area contributed by atoms with E-state index in [1.165, 1.54) is 0 Å². The van der Waals surface area contributed by atoms with Crippen LogP contribution in [0.1, 0.15) is 45.2 Å². The minimum absolute atomic E-state index is 0.114. The SMILES string of the molecule is CC(C)(C)[S@@+]([O-])N[C@@H]1c2ccccc2OC12CCN(c1ncc(Br)c3nccn13)CC2. The monoisotopic (exact) mass is 503 g/mol. The van der Waals surface area contributed by atoms with E-state index < -0.39 is 17.0 Å². The largest absolute Gasteiger partial charge is 0.598 e. The molecule has 0 unspecified atom stereocenters. The summed E-state index contributed by atoms with van der Waals surface area (Å²) in [6.07, 6.45) is 7.13. The van der Waals surface area contributed by atoms with Crippen LogP contribution in [0.15, 0.2) is 47.3 Å². The van der Waals surface area contributed by atoms with E-state index >= 15 is 0 Å². The van der Waals surface area contributed by atoms with E-state index in [0.717, 1.165) is 53.3 Å². The van der Waals surface area contributed by atoms with Crippen molar-refractivity contribution in [2.24, 2.45) is 0 Å². The molecule has 0 radical (unpaired) electrons. The second kappa shape index (κ2) is 7.65. The molecule has 31 heavy (non-hydrogen) atoms. The van der Waals surface area contributed by atoms with Gasteiger partial charge < -0.3 is 14.2 Å². The second-order valence-electron chi connectivity index (χ2n) is 9.15. The molecule has 0 saturated carbocycles. The number of hydrogen-bond donors (Lipinski definition) is 1. The normalized spacial score (nSPS) is 21.3. The summed E-state index contributed by atoms with van der Waals surface area (Å²) in [7, 11) is 0. The lowest BCUT2D eigenvalue weighted by Crippen LogP contribution is -2.55. The van der Waals surface area contributed by atoms with Crippen LogP contribution in [0.4, 0.5) is 5.95 Å². The highest BCUT2D eigenvalue weighted by molar-refractivity contribution is 9.10. The summed E-state index contributed by atoms with van der Waals surface area (Å²) in [6, 6.07) is 7.99. The fourth-order valence-electron chi connectivity index (χ4n) is 4.41. The van der Waals surface area contributed by atoms with Gasteiger partial charge in [0.25, 0.3) is 0 Å². The number of benzene rings is 1. The lowest BCUT2D eigenvalue weighted by molar-refractivity contribution is 0.0377. The molecule has 0 bridgehead atoms. The fraction of sp³-hybridized carbons (Fsp3) is 0.455. The molecule has 3 aromatic rings. The third-order valence-electron chi connectivity index (χ3n) is 6.11. The predicted molar refractivity (Wildman–Crippen MR) is 126 cm³/mol. The van der Waals surface area contributed by atoms with Crippen LogP contribution in [-0.4, -0.2) is 42.4 Å². The Morgan fingerprint density at radius 1 is 1.23 bits per heavy atom. The molecule has 2 atom stereocenters. The van der Waals surface area contributed by atoms with E-state index in [9.17, 15) is 4.55 Å². The number of imidazole rings is 1. The van der Waals surface area contributed by atoms with Gasteiger partial charge in [0, 0.05) is 61.4 Å². The van der Waals surface area contributed by atoms with E-state index in [1.807, 2.05) is 49.6 Å². The second-order valence-corrected chi connectivity index (χ2v) is 12.0. The van der Waals surface area contributed by atoms with E-state index in [0.29, 0.717) is 0 Å². The Labute approximate surface area is 193 Å². The minimum Gasteiger partial charge on any atom is -0.598 e. The molecule has 1 N–H and O–H groups in total. The van der Waals surface area contributed by atoms with Gasteiger partial charge in [-0.2, -0.15) is 0 Å². The van der Waals surface area contributed by atoms with E-state index in [1.54, 1.807) is 12.4 Å². The van der Waals surface area contributed by atoms with Crippen molar-refractivity contribution in [3.63, 3.8) is 0 Å². The molecule has 2 aliphatic heterocycles. The first-order valence-electron chi connectivity index (χ1n) is 10.5. The quantitative estimate of drug-likeness (QED) is 0.543. The van der Waals surface area contributed by atoms with Crippen molar-refractivity contribution in [2.45, 2.75) is 50.0 Å². The number of anilines is 1. The van der Waals surface area contributed by atoms with E-state index in [4.69, 9.17) is 4.74 Å². The molecule has 1 fully saturated rings. The summed E-state index contributed by atoms with van der Waals surface area (Å²) in [5.41, 5.74) is 1.52. The molecular weight excluding hydrogens is 478 g/mol. The zero-order valence-electron chi connectivity index (χ0n) is 17.8. The number of halogens is 1. The van der Waals surface area contributed by atoms with Gasteiger partial charge in [0.1, 0.15) is 22.1 Å². The highest BCUT2D eigenvalue weighted by Gasteiger charge is 2.53. The maximum Gasteiger partial charge on any atom is 0.211 e. The average molecular weight is 504 g/mol. The van der Waals surface area contributed by atoms with Crippen LogP contribution in [0.2, 0.25) is 0 Å². The number of ether oxygens (including phenoxy) is 1. The summed E-state index contributed by atoms with van der Waals surface area (Å²) >= 11 is 2.33. The molecular formula is C22H26BrN5O2S. The molecule has 2 aromatic heterocycles. The van der Waals surface area contributed by atoms with Crippen LogP contribution in [-0.2, 0) is 11.4 Å².